The van der Waals surface area contributed by atoms with Gasteiger partial charge in [0.15, 0.2) is 0 Å². The Bertz CT molecular complexity index is 1190. The van der Waals surface area contributed by atoms with Crippen molar-refractivity contribution in [2.75, 3.05) is 78.1 Å². The van der Waals surface area contributed by atoms with E-state index in [4.69, 9.17) is 0 Å². The Labute approximate surface area is 216 Å². The lowest BCUT2D eigenvalue weighted by molar-refractivity contribution is -0.945. The second-order valence-electron chi connectivity index (χ2n) is 10.4. The average Bonchev–Trinajstić information content (AvgIpc) is 2.74. The highest BCUT2D eigenvalue weighted by atomic mass is 16.2. The molecule has 0 atom stereocenters. The first-order valence-corrected chi connectivity index (χ1v) is 12.1. The molecule has 2 aromatic heterocycles. The topological polar surface area (TPSA) is 174 Å². The Morgan fingerprint density at radius 2 is 1.16 bits per heavy atom. The average molecular weight is 521 g/mol. The van der Waals surface area contributed by atoms with Gasteiger partial charge in [0, 0.05) is 36.5 Å². The molecule has 0 bridgehead atoms. The summed E-state index contributed by atoms with van der Waals surface area (Å²) in [7, 11) is 8.50. The maximum absolute atomic E-state index is 12.1. The first-order chi connectivity index (χ1) is 17.2. The van der Waals surface area contributed by atoms with E-state index in [0.29, 0.717) is 29.0 Å². The van der Waals surface area contributed by atoms with Gasteiger partial charge in [0.25, 0.3) is 11.1 Å². The molecule has 0 aromatic carbocycles. The Hall–Kier alpha value is -3.78. The van der Waals surface area contributed by atoms with Crippen LogP contribution in [0.15, 0.2) is 21.7 Å². The van der Waals surface area contributed by atoms with Crippen LogP contribution in [-0.2, 0) is 0 Å². The largest absolute Gasteiger partial charge is 0.338 e. The number of aromatic nitrogens is 4. The summed E-state index contributed by atoms with van der Waals surface area (Å²) < 4.78 is 1.49. The molecule has 2 heterocycles. The Morgan fingerprint density at radius 3 is 1.62 bits per heavy atom. The number of rotatable bonds is 12. The van der Waals surface area contributed by atoms with Crippen LogP contribution in [0.2, 0.25) is 0 Å². The highest BCUT2D eigenvalue weighted by molar-refractivity contribution is 5.87. The van der Waals surface area contributed by atoms with Crippen molar-refractivity contribution in [2.24, 2.45) is 0 Å². The van der Waals surface area contributed by atoms with E-state index in [2.05, 4.69) is 69.4 Å². The quantitative estimate of drug-likeness (QED) is 0.169. The van der Waals surface area contributed by atoms with E-state index in [-0.39, 0.29) is 11.9 Å². The monoisotopic (exact) mass is 520 g/mol. The Morgan fingerprint density at radius 1 is 0.730 bits per heavy atom. The van der Waals surface area contributed by atoms with Crippen molar-refractivity contribution in [3.05, 3.63) is 44.2 Å². The van der Waals surface area contributed by atoms with E-state index >= 15 is 0 Å². The molecule has 0 aliphatic heterocycles. The predicted octanol–water partition coefficient (Wildman–Crippen LogP) is -0.0439. The highest BCUT2D eigenvalue weighted by Crippen LogP contribution is 2.04. The third-order valence-electron chi connectivity index (χ3n) is 5.76. The fourth-order valence-corrected chi connectivity index (χ4v) is 3.52. The minimum atomic E-state index is -0.425. The summed E-state index contributed by atoms with van der Waals surface area (Å²) in [5.74, 6) is 0.233. The third-order valence-corrected chi connectivity index (χ3v) is 5.76. The van der Waals surface area contributed by atoms with Gasteiger partial charge in [-0.05, 0) is 13.8 Å². The molecule has 0 unspecified atom stereocenters. The zero-order valence-electron chi connectivity index (χ0n) is 22.5. The number of aryl methyl sites for hydroxylation is 2. The van der Waals surface area contributed by atoms with Crippen molar-refractivity contribution in [1.82, 2.24) is 30.6 Å². The SMILES string of the molecule is Cc1cc(=O)nc(NC(=O)NCCC[N+](C)(C)CC[N+](C)(C)CCNC(=O)Nc2nc(=O)cc(C)[nH]2)[nH]1. The Balaban J connectivity index is 1.65. The smallest absolute Gasteiger partial charge is 0.321 e. The maximum Gasteiger partial charge on any atom is 0.321 e. The molecular weight excluding hydrogens is 480 g/mol. The second kappa shape index (κ2) is 13.0. The molecule has 14 nitrogen and oxygen atoms in total. The normalized spacial score (nSPS) is 11.6. The number of hydrogen-bond acceptors (Lipinski definition) is 6. The van der Waals surface area contributed by atoms with Crippen LogP contribution in [0.5, 0.6) is 0 Å². The van der Waals surface area contributed by atoms with Crippen LogP contribution in [-0.4, -0.2) is 108 Å². The summed E-state index contributed by atoms with van der Waals surface area (Å²) >= 11 is 0. The van der Waals surface area contributed by atoms with Gasteiger partial charge in [-0.25, -0.2) is 9.59 Å². The lowest BCUT2D eigenvalue weighted by atomic mass is 10.3. The van der Waals surface area contributed by atoms with E-state index in [1.54, 1.807) is 13.8 Å². The van der Waals surface area contributed by atoms with Gasteiger partial charge < -0.3 is 29.6 Å². The molecule has 2 rings (SSSR count). The van der Waals surface area contributed by atoms with E-state index in [1.165, 1.54) is 12.1 Å². The first kappa shape index (κ1) is 29.5. The maximum atomic E-state index is 12.1. The summed E-state index contributed by atoms with van der Waals surface area (Å²) in [5.41, 5.74) is 0.404. The van der Waals surface area contributed by atoms with E-state index in [1.807, 2.05) is 0 Å². The van der Waals surface area contributed by atoms with Gasteiger partial charge in [-0.15, -0.1) is 0 Å². The van der Waals surface area contributed by atoms with Crippen LogP contribution in [0.25, 0.3) is 0 Å². The number of carbonyl (C=O) groups is 2. The molecule has 37 heavy (non-hydrogen) atoms. The van der Waals surface area contributed by atoms with Gasteiger partial charge >= 0.3 is 12.1 Å². The summed E-state index contributed by atoms with van der Waals surface area (Å²) in [6.45, 7) is 7.77. The number of hydrogen-bond donors (Lipinski definition) is 6. The molecule has 0 fully saturated rings. The van der Waals surface area contributed by atoms with E-state index in [9.17, 15) is 19.2 Å². The van der Waals surface area contributed by atoms with Crippen molar-refractivity contribution in [3.63, 3.8) is 0 Å². The molecule has 0 saturated heterocycles. The third kappa shape index (κ3) is 11.7. The van der Waals surface area contributed by atoms with Crippen LogP contribution in [0.4, 0.5) is 21.5 Å². The summed E-state index contributed by atoms with van der Waals surface area (Å²) in [6.07, 6.45) is 0.780. The zero-order chi connectivity index (χ0) is 27.6. The fraction of sp³-hybridized carbons (Fsp3) is 0.565. The molecule has 0 spiro atoms. The van der Waals surface area contributed by atoms with Crippen molar-refractivity contribution in [1.29, 1.82) is 0 Å². The summed E-state index contributed by atoms with van der Waals surface area (Å²) in [5, 5.41) is 10.7. The number of urea groups is 2. The number of H-pyrrole nitrogens is 2. The highest BCUT2D eigenvalue weighted by Gasteiger charge is 2.22. The van der Waals surface area contributed by atoms with Crippen molar-refractivity contribution < 1.29 is 18.6 Å². The number of quaternary nitrogens is 2. The molecule has 0 aliphatic rings. The summed E-state index contributed by atoms with van der Waals surface area (Å²) in [4.78, 5) is 60.1. The van der Waals surface area contributed by atoms with Crippen molar-refractivity contribution in [3.8, 4) is 0 Å². The number of amides is 4. The molecular formula is C23H40N10O4+2. The van der Waals surface area contributed by atoms with Gasteiger partial charge in [0.2, 0.25) is 11.9 Å². The number of nitrogens with one attached hydrogen (secondary N) is 6. The molecule has 204 valence electrons. The molecule has 0 saturated carbocycles. The van der Waals surface area contributed by atoms with Gasteiger partial charge in [0.05, 0.1) is 47.8 Å². The van der Waals surface area contributed by atoms with Crippen molar-refractivity contribution in [2.45, 2.75) is 20.3 Å². The van der Waals surface area contributed by atoms with Gasteiger partial charge in [-0.3, -0.25) is 20.2 Å². The number of aromatic amines is 2. The van der Waals surface area contributed by atoms with Crippen LogP contribution < -0.4 is 32.4 Å². The number of likely N-dealkylation sites (N-methyl/N-ethyl adjacent to an activating group) is 2. The summed E-state index contributed by atoms with van der Waals surface area (Å²) in [6, 6.07) is 1.86. The molecule has 2 aromatic rings. The van der Waals surface area contributed by atoms with Gasteiger partial charge in [-0.1, -0.05) is 0 Å². The lowest BCUT2D eigenvalue weighted by Crippen LogP contribution is -2.53. The minimum absolute atomic E-state index is 0.115. The van der Waals surface area contributed by atoms with Crippen molar-refractivity contribution >= 4 is 24.0 Å². The van der Waals surface area contributed by atoms with Gasteiger partial charge in [-0.2, -0.15) is 9.97 Å². The molecule has 14 heteroatoms. The molecule has 6 N–H and O–H groups in total. The van der Waals surface area contributed by atoms with Crippen LogP contribution in [0, 0.1) is 13.8 Å². The molecule has 0 aliphatic carbocycles. The molecule has 4 amide bonds. The van der Waals surface area contributed by atoms with Crippen LogP contribution in [0.1, 0.15) is 17.8 Å². The van der Waals surface area contributed by atoms with Crippen LogP contribution in [0.3, 0.4) is 0 Å². The zero-order valence-corrected chi connectivity index (χ0v) is 22.5. The molecule has 0 radical (unpaired) electrons. The van der Waals surface area contributed by atoms with E-state index in [0.717, 1.165) is 37.1 Å². The lowest BCUT2D eigenvalue weighted by Gasteiger charge is -2.35. The second-order valence-corrected chi connectivity index (χ2v) is 10.4. The predicted molar refractivity (Wildman–Crippen MR) is 142 cm³/mol. The number of nitrogens with zero attached hydrogens (tertiary/aromatic N) is 4. The minimum Gasteiger partial charge on any atom is -0.338 e. The van der Waals surface area contributed by atoms with E-state index < -0.39 is 23.2 Å². The van der Waals surface area contributed by atoms with Crippen LogP contribution >= 0.6 is 0 Å². The number of carbonyl (C=O) groups excluding carboxylic acids is 2. The van der Waals surface area contributed by atoms with Gasteiger partial charge in [0.1, 0.15) is 13.1 Å². The Kier molecular flexibility index (Phi) is 10.3. The number of anilines is 2. The first-order valence-electron chi connectivity index (χ1n) is 12.1. The fourth-order valence-electron chi connectivity index (χ4n) is 3.52. The standard InChI is InChI=1S/C23H38N10O4/c1-16-14-18(34)28-20(26-16)30-22(36)24-8-7-10-32(3,4)12-13-33(5,6)11-9-25-23(37)31-21-27-17(2)15-19(35)29-21/h14-15H,7-13H2,1-6H3,(H4-2,24,25,26,27,28,29,30,31,34,35,36,37)/p+2.